The van der Waals surface area contributed by atoms with Crippen molar-refractivity contribution in [2.24, 2.45) is 0 Å². The number of rotatable bonds is 5. The summed E-state index contributed by atoms with van der Waals surface area (Å²) in [5.41, 5.74) is 0. The maximum Gasteiger partial charge on any atom is 0.236 e. The summed E-state index contributed by atoms with van der Waals surface area (Å²) in [6.07, 6.45) is 1.62. The van der Waals surface area contributed by atoms with Gasteiger partial charge in [0.1, 0.15) is 11.8 Å². The zero-order chi connectivity index (χ0) is 13.8. The highest BCUT2D eigenvalue weighted by molar-refractivity contribution is 7.16. The predicted molar refractivity (Wildman–Crippen MR) is 76.6 cm³/mol. The molecule has 0 aliphatic heterocycles. The first-order valence-corrected chi connectivity index (χ1v) is 6.99. The lowest BCUT2D eigenvalue weighted by Gasteiger charge is -2.17. The number of likely N-dealkylation sites (N-methyl/N-ethyl adjacent to an activating group) is 1. The van der Waals surface area contributed by atoms with Crippen LogP contribution < -0.4 is 5.32 Å². The first-order valence-electron chi connectivity index (χ1n) is 5.80. The zero-order valence-corrected chi connectivity index (χ0v) is 12.3. The normalized spacial score (nSPS) is 12.4. The second-order valence-electron chi connectivity index (χ2n) is 4.26. The molecule has 2 aromatic heterocycles. The first kappa shape index (κ1) is 14.1. The highest BCUT2D eigenvalue weighted by Crippen LogP contribution is 2.31. The van der Waals surface area contributed by atoms with Crippen LogP contribution in [0.2, 0.25) is 4.34 Å². The Hall–Kier alpha value is -1.30. The lowest BCUT2D eigenvalue weighted by Crippen LogP contribution is -2.35. The lowest BCUT2D eigenvalue weighted by molar-refractivity contribution is -0.127. The molecule has 1 amide bonds. The van der Waals surface area contributed by atoms with Gasteiger partial charge in [-0.2, -0.15) is 0 Å². The SMILES string of the molecule is CN(C)C(=O)CNC(c1ccco1)c1ccc(Cl)s1. The highest BCUT2D eigenvalue weighted by Gasteiger charge is 2.19. The number of hydrogen-bond donors (Lipinski definition) is 1. The van der Waals surface area contributed by atoms with Gasteiger partial charge in [0.15, 0.2) is 0 Å². The fourth-order valence-corrected chi connectivity index (χ4v) is 2.77. The van der Waals surface area contributed by atoms with Gasteiger partial charge in [-0.1, -0.05) is 11.6 Å². The molecule has 0 spiro atoms. The Morgan fingerprint density at radius 2 is 2.26 bits per heavy atom. The molecular formula is C13H15ClN2O2S. The molecule has 6 heteroatoms. The van der Waals surface area contributed by atoms with Crippen molar-refractivity contribution in [3.63, 3.8) is 0 Å². The molecule has 0 radical (unpaired) electrons. The predicted octanol–water partition coefficient (Wildman–Crippen LogP) is 2.76. The summed E-state index contributed by atoms with van der Waals surface area (Å²) < 4.78 is 6.14. The molecule has 1 N–H and O–H groups in total. The maximum atomic E-state index is 11.7. The van der Waals surface area contributed by atoms with Crippen LogP contribution in [0.5, 0.6) is 0 Å². The van der Waals surface area contributed by atoms with E-state index in [4.69, 9.17) is 16.0 Å². The average molecular weight is 299 g/mol. The molecule has 4 nitrogen and oxygen atoms in total. The van der Waals surface area contributed by atoms with Gasteiger partial charge in [0.2, 0.25) is 5.91 Å². The van der Waals surface area contributed by atoms with E-state index in [1.807, 2.05) is 24.3 Å². The van der Waals surface area contributed by atoms with Crippen LogP contribution in [0, 0.1) is 0 Å². The Labute approximate surface area is 121 Å². The molecule has 0 aromatic carbocycles. The Morgan fingerprint density at radius 3 is 2.79 bits per heavy atom. The molecule has 0 saturated heterocycles. The molecule has 1 atom stereocenters. The van der Waals surface area contributed by atoms with E-state index in [2.05, 4.69) is 5.32 Å². The largest absolute Gasteiger partial charge is 0.467 e. The summed E-state index contributed by atoms with van der Waals surface area (Å²) in [5, 5.41) is 3.20. The third-order valence-electron chi connectivity index (χ3n) is 2.66. The summed E-state index contributed by atoms with van der Waals surface area (Å²) in [6, 6.07) is 7.33. The van der Waals surface area contributed by atoms with E-state index in [1.165, 1.54) is 11.3 Å². The van der Waals surface area contributed by atoms with Gasteiger partial charge in [0.25, 0.3) is 0 Å². The Bertz CT molecular complexity index is 537. The van der Waals surface area contributed by atoms with Crippen molar-refractivity contribution in [2.45, 2.75) is 6.04 Å². The van der Waals surface area contributed by atoms with Gasteiger partial charge in [-0.25, -0.2) is 0 Å². The van der Waals surface area contributed by atoms with E-state index < -0.39 is 0 Å². The molecule has 1 unspecified atom stereocenters. The van der Waals surface area contributed by atoms with Gasteiger partial charge in [-0.3, -0.25) is 10.1 Å². The zero-order valence-electron chi connectivity index (χ0n) is 10.7. The van der Waals surface area contributed by atoms with E-state index in [-0.39, 0.29) is 18.5 Å². The van der Waals surface area contributed by atoms with Crippen LogP contribution in [-0.4, -0.2) is 31.4 Å². The van der Waals surface area contributed by atoms with Crippen LogP contribution in [0.3, 0.4) is 0 Å². The molecule has 0 aliphatic rings. The van der Waals surface area contributed by atoms with Gasteiger partial charge in [0, 0.05) is 19.0 Å². The quantitative estimate of drug-likeness (QED) is 0.923. The van der Waals surface area contributed by atoms with Crippen molar-refractivity contribution in [3.8, 4) is 0 Å². The first-order chi connectivity index (χ1) is 9.08. The Balaban J connectivity index is 2.14. The lowest BCUT2D eigenvalue weighted by atomic mass is 10.2. The third kappa shape index (κ3) is 3.59. The molecule has 0 bridgehead atoms. The molecule has 0 aliphatic carbocycles. The number of hydrogen-bond acceptors (Lipinski definition) is 4. The van der Waals surface area contributed by atoms with Crippen LogP contribution in [0.15, 0.2) is 34.9 Å². The fraction of sp³-hybridized carbons (Fsp3) is 0.308. The van der Waals surface area contributed by atoms with E-state index in [1.54, 1.807) is 25.3 Å². The fourth-order valence-electron chi connectivity index (χ4n) is 1.63. The highest BCUT2D eigenvalue weighted by atomic mass is 35.5. The van der Waals surface area contributed by atoms with Gasteiger partial charge in [0.05, 0.1) is 17.1 Å². The smallest absolute Gasteiger partial charge is 0.236 e. The van der Waals surface area contributed by atoms with Crippen LogP contribution >= 0.6 is 22.9 Å². The number of carbonyl (C=O) groups is 1. The molecular weight excluding hydrogens is 284 g/mol. The topological polar surface area (TPSA) is 45.5 Å². The molecule has 2 rings (SSSR count). The molecule has 2 aromatic rings. The maximum absolute atomic E-state index is 11.7. The van der Waals surface area contributed by atoms with Gasteiger partial charge < -0.3 is 9.32 Å². The Kier molecular flexibility index (Phi) is 4.63. The summed E-state index contributed by atoms with van der Waals surface area (Å²) >= 11 is 7.44. The molecule has 2 heterocycles. The van der Waals surface area contributed by atoms with Crippen LogP contribution in [0.25, 0.3) is 0 Å². The number of thiophene rings is 1. The van der Waals surface area contributed by atoms with Crippen LogP contribution in [0.1, 0.15) is 16.7 Å². The van der Waals surface area contributed by atoms with Crippen molar-refractivity contribution in [1.29, 1.82) is 0 Å². The van der Waals surface area contributed by atoms with Crippen molar-refractivity contribution < 1.29 is 9.21 Å². The molecule has 19 heavy (non-hydrogen) atoms. The second kappa shape index (κ2) is 6.23. The van der Waals surface area contributed by atoms with Gasteiger partial charge in [-0.15, -0.1) is 11.3 Å². The monoisotopic (exact) mass is 298 g/mol. The molecule has 102 valence electrons. The average Bonchev–Trinajstić information content (AvgIpc) is 3.01. The number of nitrogens with zero attached hydrogens (tertiary/aromatic N) is 1. The van der Waals surface area contributed by atoms with Crippen molar-refractivity contribution in [1.82, 2.24) is 10.2 Å². The summed E-state index contributed by atoms with van der Waals surface area (Å²) in [6.45, 7) is 0.244. The minimum absolute atomic E-state index is 0.0132. The number of amides is 1. The Morgan fingerprint density at radius 1 is 1.47 bits per heavy atom. The van der Waals surface area contributed by atoms with Gasteiger partial charge in [-0.05, 0) is 24.3 Å². The number of nitrogens with one attached hydrogen (secondary N) is 1. The standard InChI is InChI=1S/C13H15ClN2O2S/c1-16(2)12(17)8-15-13(9-4-3-7-18-9)10-5-6-11(14)19-10/h3-7,13,15H,8H2,1-2H3. The van der Waals surface area contributed by atoms with Crippen LogP contribution in [0.4, 0.5) is 0 Å². The summed E-state index contributed by atoms with van der Waals surface area (Å²) in [4.78, 5) is 14.2. The third-order valence-corrected chi connectivity index (χ3v) is 3.96. The van der Waals surface area contributed by atoms with Gasteiger partial charge >= 0.3 is 0 Å². The summed E-state index contributed by atoms with van der Waals surface area (Å²) in [5.74, 6) is 0.782. The van der Waals surface area contributed by atoms with Crippen molar-refractivity contribution >= 4 is 28.8 Å². The number of furan rings is 1. The number of halogens is 1. The molecule has 0 fully saturated rings. The second-order valence-corrected chi connectivity index (χ2v) is 6.01. The van der Waals surface area contributed by atoms with Crippen molar-refractivity contribution in [2.75, 3.05) is 20.6 Å². The summed E-state index contributed by atoms with van der Waals surface area (Å²) in [7, 11) is 3.46. The number of carbonyl (C=O) groups excluding carboxylic acids is 1. The van der Waals surface area contributed by atoms with E-state index in [0.717, 1.165) is 10.6 Å². The van der Waals surface area contributed by atoms with E-state index >= 15 is 0 Å². The van der Waals surface area contributed by atoms with E-state index in [0.29, 0.717) is 4.34 Å². The minimum Gasteiger partial charge on any atom is -0.467 e. The van der Waals surface area contributed by atoms with E-state index in [9.17, 15) is 4.79 Å². The minimum atomic E-state index is -0.156. The van der Waals surface area contributed by atoms with Crippen molar-refractivity contribution in [3.05, 3.63) is 45.5 Å². The van der Waals surface area contributed by atoms with Crippen LogP contribution in [-0.2, 0) is 4.79 Å². The molecule has 0 saturated carbocycles.